The molecule has 2 aromatic rings. The molecule has 0 atom stereocenters. The van der Waals surface area contributed by atoms with Gasteiger partial charge in [-0.1, -0.05) is 30.3 Å². The highest BCUT2D eigenvalue weighted by molar-refractivity contribution is 5.35. The molecule has 0 bridgehead atoms. The Kier molecular flexibility index (Phi) is 3.52. The lowest BCUT2D eigenvalue weighted by Gasteiger charge is -2.05. The van der Waals surface area contributed by atoms with E-state index in [1.807, 2.05) is 30.3 Å². The van der Waals surface area contributed by atoms with Gasteiger partial charge in [-0.3, -0.25) is 4.98 Å². The van der Waals surface area contributed by atoms with E-state index in [-0.39, 0.29) is 0 Å². The van der Waals surface area contributed by atoms with Gasteiger partial charge in [-0.15, -0.1) is 0 Å². The molecule has 17 heavy (non-hydrogen) atoms. The Morgan fingerprint density at radius 2 is 2.00 bits per heavy atom. The van der Waals surface area contributed by atoms with Gasteiger partial charge in [0.2, 0.25) is 0 Å². The Bertz CT molecular complexity index is 537. The molecule has 0 radical (unpaired) electrons. The quantitative estimate of drug-likeness (QED) is 0.824. The van der Waals surface area contributed by atoms with E-state index < -0.39 is 5.69 Å². The van der Waals surface area contributed by atoms with E-state index in [2.05, 4.69) is 9.97 Å². The Labute approximate surface area is 98.3 Å². The van der Waals surface area contributed by atoms with Crippen molar-refractivity contribution in [3.63, 3.8) is 0 Å². The summed E-state index contributed by atoms with van der Waals surface area (Å²) in [6.07, 6.45) is 1.43. The fourth-order valence-electron chi connectivity index (χ4n) is 1.40. The predicted molar refractivity (Wildman–Crippen MR) is 64.2 cm³/mol. The number of nitrogens with one attached hydrogen (secondary N) is 1. The molecule has 2 rings (SSSR count). The van der Waals surface area contributed by atoms with Crippen LogP contribution in [0.2, 0.25) is 0 Å². The largest absolute Gasteiger partial charge is 0.385 e. The van der Waals surface area contributed by atoms with E-state index >= 15 is 0 Å². The predicted octanol–water partition coefficient (Wildman–Crippen LogP) is 1.07. The number of H-pyrrole nitrogens is 1. The summed E-state index contributed by atoms with van der Waals surface area (Å²) in [4.78, 5) is 16.9. The molecule has 1 aromatic carbocycles. The van der Waals surface area contributed by atoms with Crippen molar-refractivity contribution in [2.24, 2.45) is 0 Å². The third kappa shape index (κ3) is 3.15. The van der Waals surface area contributed by atoms with E-state index in [1.165, 1.54) is 6.20 Å². The van der Waals surface area contributed by atoms with Crippen molar-refractivity contribution in [2.45, 2.75) is 13.2 Å². The van der Waals surface area contributed by atoms with Gasteiger partial charge in [0.15, 0.2) is 0 Å². The highest BCUT2D eigenvalue weighted by Gasteiger charge is 2.01. The molecule has 0 fully saturated rings. The molecule has 5 nitrogen and oxygen atoms in total. The number of aromatic nitrogens is 2. The molecular formula is C12H13N3O2. The number of hydrogen-bond acceptors (Lipinski definition) is 4. The maximum Gasteiger partial charge on any atom is 0.346 e. The standard InChI is InChI=1S/C12H13N3O2/c13-11-10(6-14-12(16)15-11)8-17-7-9-4-2-1-3-5-9/h1-6H,7-8H2,(H3,13,14,15,16). The van der Waals surface area contributed by atoms with Gasteiger partial charge in [-0.2, -0.15) is 0 Å². The lowest BCUT2D eigenvalue weighted by Crippen LogP contribution is -2.14. The summed E-state index contributed by atoms with van der Waals surface area (Å²) in [5.74, 6) is 0.304. The van der Waals surface area contributed by atoms with Crippen LogP contribution in [0.1, 0.15) is 11.1 Å². The zero-order chi connectivity index (χ0) is 12.1. The average Bonchev–Trinajstić information content (AvgIpc) is 2.33. The minimum Gasteiger partial charge on any atom is -0.385 e. The van der Waals surface area contributed by atoms with Crippen LogP contribution in [0.3, 0.4) is 0 Å². The smallest absolute Gasteiger partial charge is 0.346 e. The maximum absolute atomic E-state index is 10.9. The SMILES string of the molecule is Nc1[nH]c(=O)ncc1COCc1ccccc1. The second kappa shape index (κ2) is 5.27. The van der Waals surface area contributed by atoms with Crippen LogP contribution in [0, 0.1) is 0 Å². The van der Waals surface area contributed by atoms with Crippen LogP contribution < -0.4 is 11.4 Å². The summed E-state index contributed by atoms with van der Waals surface area (Å²) in [6, 6.07) is 9.82. The Morgan fingerprint density at radius 1 is 1.24 bits per heavy atom. The molecule has 0 amide bonds. The zero-order valence-corrected chi connectivity index (χ0v) is 9.22. The van der Waals surface area contributed by atoms with Crippen molar-refractivity contribution in [1.29, 1.82) is 0 Å². The Morgan fingerprint density at radius 3 is 2.71 bits per heavy atom. The average molecular weight is 231 g/mol. The van der Waals surface area contributed by atoms with Crippen LogP contribution >= 0.6 is 0 Å². The van der Waals surface area contributed by atoms with Crippen LogP contribution in [-0.2, 0) is 18.0 Å². The summed E-state index contributed by atoms with van der Waals surface area (Å²) in [6.45, 7) is 0.823. The van der Waals surface area contributed by atoms with Crippen molar-refractivity contribution in [3.8, 4) is 0 Å². The first-order valence-electron chi connectivity index (χ1n) is 5.21. The number of hydrogen-bond donors (Lipinski definition) is 2. The molecule has 5 heteroatoms. The zero-order valence-electron chi connectivity index (χ0n) is 9.22. The van der Waals surface area contributed by atoms with Crippen LogP contribution in [-0.4, -0.2) is 9.97 Å². The summed E-state index contributed by atoms with van der Waals surface area (Å²) >= 11 is 0. The lowest BCUT2D eigenvalue weighted by atomic mass is 10.2. The highest BCUT2D eigenvalue weighted by Crippen LogP contribution is 2.08. The van der Waals surface area contributed by atoms with Gasteiger partial charge in [-0.05, 0) is 5.56 Å². The molecule has 0 aliphatic carbocycles. The monoisotopic (exact) mass is 231 g/mol. The molecular weight excluding hydrogens is 218 g/mol. The summed E-state index contributed by atoms with van der Waals surface area (Å²) in [5.41, 5.74) is 6.94. The molecule has 0 spiro atoms. The molecule has 1 heterocycles. The first kappa shape index (κ1) is 11.3. The number of nitrogen functional groups attached to an aromatic ring is 1. The fraction of sp³-hybridized carbons (Fsp3) is 0.167. The van der Waals surface area contributed by atoms with E-state index in [9.17, 15) is 4.79 Å². The number of rotatable bonds is 4. The van der Waals surface area contributed by atoms with E-state index in [1.54, 1.807) is 0 Å². The third-order valence-corrected chi connectivity index (χ3v) is 2.29. The normalized spacial score (nSPS) is 10.4. The van der Waals surface area contributed by atoms with Crippen LogP contribution in [0.25, 0.3) is 0 Å². The molecule has 0 unspecified atom stereocenters. The molecule has 0 aliphatic heterocycles. The minimum absolute atomic E-state index is 0.304. The second-order valence-electron chi connectivity index (χ2n) is 3.61. The summed E-state index contributed by atoms with van der Waals surface area (Å²) in [5, 5.41) is 0. The van der Waals surface area contributed by atoms with Crippen LogP contribution in [0.4, 0.5) is 5.82 Å². The molecule has 1 aromatic heterocycles. The van der Waals surface area contributed by atoms with Crippen molar-refractivity contribution in [1.82, 2.24) is 9.97 Å². The fourth-order valence-corrected chi connectivity index (χ4v) is 1.40. The van der Waals surface area contributed by atoms with Gasteiger partial charge >= 0.3 is 5.69 Å². The van der Waals surface area contributed by atoms with E-state index in [4.69, 9.17) is 10.5 Å². The Balaban J connectivity index is 1.92. The minimum atomic E-state index is -0.450. The third-order valence-electron chi connectivity index (χ3n) is 2.29. The van der Waals surface area contributed by atoms with Gasteiger partial charge < -0.3 is 10.5 Å². The molecule has 88 valence electrons. The first-order chi connectivity index (χ1) is 8.25. The number of nitrogens with zero attached hydrogens (tertiary/aromatic N) is 1. The van der Waals surface area contributed by atoms with E-state index in [0.717, 1.165) is 5.56 Å². The van der Waals surface area contributed by atoms with Crippen molar-refractivity contribution in [2.75, 3.05) is 5.73 Å². The number of benzene rings is 1. The second-order valence-corrected chi connectivity index (χ2v) is 3.61. The topological polar surface area (TPSA) is 81.0 Å². The van der Waals surface area contributed by atoms with Gasteiger partial charge in [0.1, 0.15) is 5.82 Å². The van der Waals surface area contributed by atoms with Crippen LogP contribution in [0.5, 0.6) is 0 Å². The number of ether oxygens (including phenoxy) is 1. The summed E-state index contributed by atoms with van der Waals surface area (Å²) in [7, 11) is 0. The summed E-state index contributed by atoms with van der Waals surface area (Å²) < 4.78 is 5.48. The molecule has 0 saturated heterocycles. The molecule has 0 saturated carbocycles. The highest BCUT2D eigenvalue weighted by atomic mass is 16.5. The van der Waals surface area contributed by atoms with Gasteiger partial charge in [0.25, 0.3) is 0 Å². The van der Waals surface area contributed by atoms with Gasteiger partial charge in [-0.25, -0.2) is 9.78 Å². The lowest BCUT2D eigenvalue weighted by molar-refractivity contribution is 0.107. The molecule has 0 aliphatic rings. The van der Waals surface area contributed by atoms with Crippen LogP contribution in [0.15, 0.2) is 41.3 Å². The Hall–Kier alpha value is -2.14. The molecule has 3 N–H and O–H groups in total. The number of nitrogens with two attached hydrogens (primary N) is 1. The number of anilines is 1. The van der Waals surface area contributed by atoms with Gasteiger partial charge in [0, 0.05) is 11.8 Å². The van der Waals surface area contributed by atoms with Crippen molar-refractivity contribution in [3.05, 3.63) is 58.1 Å². The first-order valence-corrected chi connectivity index (χ1v) is 5.21. The van der Waals surface area contributed by atoms with E-state index in [0.29, 0.717) is 24.6 Å². The van der Waals surface area contributed by atoms with Crippen molar-refractivity contribution < 1.29 is 4.74 Å². The maximum atomic E-state index is 10.9. The number of aromatic amines is 1. The van der Waals surface area contributed by atoms with Gasteiger partial charge in [0.05, 0.1) is 13.2 Å². The van der Waals surface area contributed by atoms with Crippen molar-refractivity contribution >= 4 is 5.82 Å².